The van der Waals surface area contributed by atoms with E-state index in [2.05, 4.69) is 29.1 Å². The average Bonchev–Trinajstić information content (AvgIpc) is 2.96. The Morgan fingerprint density at radius 3 is 2.96 bits per heavy atom. The molecule has 0 saturated heterocycles. The number of pyridine rings is 1. The van der Waals surface area contributed by atoms with E-state index in [0.717, 1.165) is 16.6 Å². The Bertz CT molecular complexity index is 832. The van der Waals surface area contributed by atoms with Crippen LogP contribution < -0.4 is 15.5 Å². The van der Waals surface area contributed by atoms with E-state index in [1.807, 2.05) is 0 Å². The first kappa shape index (κ1) is 16.2. The van der Waals surface area contributed by atoms with Gasteiger partial charge < -0.3 is 15.0 Å². The van der Waals surface area contributed by atoms with Gasteiger partial charge in [0.05, 0.1) is 12.6 Å². The topological polar surface area (TPSA) is 66.5 Å². The molecule has 1 unspecified atom stereocenters. The summed E-state index contributed by atoms with van der Waals surface area (Å²) in [5, 5.41) is 5.17. The maximum absolute atomic E-state index is 12.4. The van der Waals surface area contributed by atoms with Crippen LogP contribution in [0.15, 0.2) is 28.0 Å². The third kappa shape index (κ3) is 3.19. The van der Waals surface area contributed by atoms with Crippen LogP contribution in [0, 0.1) is 0 Å². The Balaban J connectivity index is 2.04. The summed E-state index contributed by atoms with van der Waals surface area (Å²) in [7, 11) is 1.55. The van der Waals surface area contributed by atoms with Crippen LogP contribution in [0.5, 0.6) is 5.75 Å². The Labute approximate surface area is 143 Å². The number of aromatic amines is 1. The number of H-pyrrole nitrogens is 1. The first-order valence-corrected chi connectivity index (χ1v) is 8.72. The van der Waals surface area contributed by atoms with E-state index in [-0.39, 0.29) is 11.5 Å². The largest absolute Gasteiger partial charge is 0.495 e. The molecule has 0 spiro atoms. The summed E-state index contributed by atoms with van der Waals surface area (Å²) in [5.41, 5.74) is 1.30. The molecule has 23 heavy (non-hydrogen) atoms. The van der Waals surface area contributed by atoms with E-state index >= 15 is 0 Å². The number of ether oxygens (including phenoxy) is 1. The molecule has 0 bridgehead atoms. The third-order valence-electron chi connectivity index (χ3n) is 3.57. The van der Waals surface area contributed by atoms with E-state index < -0.39 is 0 Å². The van der Waals surface area contributed by atoms with E-state index in [4.69, 9.17) is 16.3 Å². The second kappa shape index (κ2) is 6.45. The molecule has 2 aromatic rings. The SMILES string of the molecule is COc1ccc2c(=O)cc(C3CSC(NC(C)C)=N3)[nH]c2c1Cl. The van der Waals surface area contributed by atoms with Crippen LogP contribution in [0.2, 0.25) is 5.02 Å². The average molecular weight is 352 g/mol. The normalized spacial score (nSPS) is 17.6. The van der Waals surface area contributed by atoms with Gasteiger partial charge in [0.25, 0.3) is 0 Å². The van der Waals surface area contributed by atoms with Crippen LogP contribution in [0.4, 0.5) is 0 Å². The number of hydrogen-bond donors (Lipinski definition) is 2. The number of nitrogens with zero attached hydrogens (tertiary/aromatic N) is 1. The lowest BCUT2D eigenvalue weighted by atomic mass is 10.1. The number of aromatic nitrogens is 1. The Hall–Kier alpha value is -1.66. The molecule has 2 heterocycles. The lowest BCUT2D eigenvalue weighted by Crippen LogP contribution is -2.26. The zero-order valence-corrected chi connectivity index (χ0v) is 14.7. The lowest BCUT2D eigenvalue weighted by molar-refractivity contribution is 0.415. The highest BCUT2D eigenvalue weighted by atomic mass is 35.5. The third-order valence-corrected chi connectivity index (χ3v) is 4.92. The van der Waals surface area contributed by atoms with Crippen molar-refractivity contribution in [1.82, 2.24) is 10.3 Å². The molecule has 2 N–H and O–H groups in total. The van der Waals surface area contributed by atoms with Gasteiger partial charge in [-0.05, 0) is 26.0 Å². The van der Waals surface area contributed by atoms with Crippen LogP contribution in [0.1, 0.15) is 25.6 Å². The number of nitrogens with one attached hydrogen (secondary N) is 2. The second-order valence-electron chi connectivity index (χ2n) is 5.65. The summed E-state index contributed by atoms with van der Waals surface area (Å²) in [4.78, 5) is 20.3. The van der Waals surface area contributed by atoms with E-state index in [1.54, 1.807) is 37.1 Å². The van der Waals surface area contributed by atoms with Gasteiger partial charge in [-0.15, -0.1) is 0 Å². The Kier molecular flexibility index (Phi) is 4.55. The van der Waals surface area contributed by atoms with Gasteiger partial charge in [0, 0.05) is 28.9 Å². The van der Waals surface area contributed by atoms with Crippen LogP contribution in [0.3, 0.4) is 0 Å². The molecule has 5 nitrogen and oxygen atoms in total. The number of fused-ring (bicyclic) bond motifs is 1. The second-order valence-corrected chi connectivity index (χ2v) is 7.04. The molecule has 1 aliphatic heterocycles. The minimum Gasteiger partial charge on any atom is -0.495 e. The molecule has 0 aliphatic carbocycles. The summed E-state index contributed by atoms with van der Waals surface area (Å²) in [6.45, 7) is 4.14. The van der Waals surface area contributed by atoms with Gasteiger partial charge in [-0.25, -0.2) is 0 Å². The van der Waals surface area contributed by atoms with Gasteiger partial charge in [0.15, 0.2) is 10.6 Å². The molecular formula is C16H18ClN3O2S. The molecule has 1 atom stereocenters. The van der Waals surface area contributed by atoms with Crippen molar-refractivity contribution in [2.75, 3.05) is 12.9 Å². The summed E-state index contributed by atoms with van der Waals surface area (Å²) >= 11 is 8.00. The maximum atomic E-state index is 12.4. The zero-order chi connectivity index (χ0) is 16.6. The van der Waals surface area contributed by atoms with Crippen molar-refractivity contribution >= 4 is 39.4 Å². The molecular weight excluding hydrogens is 334 g/mol. The van der Waals surface area contributed by atoms with Gasteiger partial charge >= 0.3 is 0 Å². The maximum Gasteiger partial charge on any atom is 0.189 e. The molecule has 1 aliphatic rings. The number of thioether (sulfide) groups is 1. The van der Waals surface area contributed by atoms with Gasteiger partial charge in [-0.2, -0.15) is 0 Å². The van der Waals surface area contributed by atoms with Gasteiger partial charge in [0.1, 0.15) is 16.8 Å². The van der Waals surface area contributed by atoms with Crippen molar-refractivity contribution in [3.63, 3.8) is 0 Å². The molecule has 7 heteroatoms. The molecule has 0 amide bonds. The van der Waals surface area contributed by atoms with E-state index in [1.165, 1.54) is 0 Å². The molecule has 0 fully saturated rings. The first-order chi connectivity index (χ1) is 11.0. The Morgan fingerprint density at radius 1 is 1.48 bits per heavy atom. The van der Waals surface area contributed by atoms with Crippen molar-refractivity contribution in [3.8, 4) is 5.75 Å². The minimum absolute atomic E-state index is 0.0660. The highest BCUT2D eigenvalue weighted by molar-refractivity contribution is 8.14. The van der Waals surface area contributed by atoms with Gasteiger partial charge in [0.2, 0.25) is 0 Å². The predicted octanol–water partition coefficient (Wildman–Crippen LogP) is 3.33. The molecule has 3 rings (SSSR count). The number of amidine groups is 1. The first-order valence-electron chi connectivity index (χ1n) is 7.36. The highest BCUT2D eigenvalue weighted by Gasteiger charge is 2.22. The minimum atomic E-state index is -0.0828. The smallest absolute Gasteiger partial charge is 0.189 e. The fourth-order valence-electron chi connectivity index (χ4n) is 2.48. The highest BCUT2D eigenvalue weighted by Crippen LogP contribution is 2.33. The fraction of sp³-hybridized carbons (Fsp3) is 0.375. The lowest BCUT2D eigenvalue weighted by Gasteiger charge is -2.11. The number of halogens is 1. The zero-order valence-electron chi connectivity index (χ0n) is 13.1. The number of rotatable bonds is 3. The predicted molar refractivity (Wildman–Crippen MR) is 97.0 cm³/mol. The number of methoxy groups -OCH3 is 1. The number of benzene rings is 1. The molecule has 1 aromatic heterocycles. The van der Waals surface area contributed by atoms with Gasteiger partial charge in [-0.3, -0.25) is 9.79 Å². The van der Waals surface area contributed by atoms with Gasteiger partial charge in [-0.1, -0.05) is 23.4 Å². The summed E-state index contributed by atoms with van der Waals surface area (Å²) in [6, 6.07) is 5.28. The summed E-state index contributed by atoms with van der Waals surface area (Å²) in [5.74, 6) is 1.33. The van der Waals surface area contributed by atoms with Crippen LogP contribution in [0.25, 0.3) is 10.9 Å². The van der Waals surface area contributed by atoms with Crippen LogP contribution in [-0.4, -0.2) is 29.1 Å². The number of aliphatic imine (C=N–C) groups is 1. The summed E-state index contributed by atoms with van der Waals surface area (Å²) < 4.78 is 5.22. The molecule has 0 radical (unpaired) electrons. The van der Waals surface area contributed by atoms with Crippen LogP contribution >= 0.6 is 23.4 Å². The van der Waals surface area contributed by atoms with Crippen molar-refractivity contribution in [2.24, 2.45) is 4.99 Å². The van der Waals surface area contributed by atoms with Crippen molar-refractivity contribution in [2.45, 2.75) is 25.9 Å². The molecule has 0 saturated carbocycles. The van der Waals surface area contributed by atoms with Crippen molar-refractivity contribution in [1.29, 1.82) is 0 Å². The molecule has 1 aromatic carbocycles. The number of hydrogen-bond acceptors (Lipinski definition) is 5. The molecule has 122 valence electrons. The van der Waals surface area contributed by atoms with E-state index in [9.17, 15) is 4.79 Å². The van der Waals surface area contributed by atoms with Crippen molar-refractivity contribution < 1.29 is 4.74 Å². The van der Waals surface area contributed by atoms with Crippen molar-refractivity contribution in [3.05, 3.63) is 39.1 Å². The standard InChI is InChI=1S/C16H18ClN3O2S/c1-8(2)18-16-20-11(7-23-16)10-6-12(21)9-4-5-13(22-3)14(17)15(9)19-10/h4-6,8,11H,7H2,1-3H3,(H,18,20)(H,19,21). The van der Waals surface area contributed by atoms with Crippen LogP contribution in [-0.2, 0) is 0 Å². The monoisotopic (exact) mass is 351 g/mol. The Morgan fingerprint density at radius 2 is 2.26 bits per heavy atom. The fourth-order valence-corrected chi connectivity index (χ4v) is 3.86. The quantitative estimate of drug-likeness (QED) is 0.890. The summed E-state index contributed by atoms with van der Waals surface area (Å²) in [6.07, 6.45) is 0. The van der Waals surface area contributed by atoms with E-state index in [0.29, 0.717) is 27.7 Å².